The van der Waals surface area contributed by atoms with Gasteiger partial charge in [-0.05, 0) is 36.4 Å². The molecule has 1 aromatic heterocycles. The van der Waals surface area contributed by atoms with Crippen LogP contribution in [0.15, 0.2) is 88.8 Å². The van der Waals surface area contributed by atoms with E-state index in [1.807, 2.05) is 36.4 Å². The zero-order valence-corrected chi connectivity index (χ0v) is 16.8. The van der Waals surface area contributed by atoms with Gasteiger partial charge in [-0.2, -0.15) is 0 Å². The number of halogens is 1. The molecule has 0 aliphatic rings. The van der Waals surface area contributed by atoms with Gasteiger partial charge >= 0.3 is 0 Å². The number of para-hydroxylation sites is 3. The quantitative estimate of drug-likeness (QED) is 0.372. The van der Waals surface area contributed by atoms with Crippen LogP contribution in [0.1, 0.15) is 0 Å². The Morgan fingerprint density at radius 2 is 1.66 bits per heavy atom. The van der Waals surface area contributed by atoms with Crippen molar-refractivity contribution in [1.82, 2.24) is 9.55 Å². The van der Waals surface area contributed by atoms with E-state index in [0.29, 0.717) is 32.5 Å². The molecule has 1 heterocycles. The van der Waals surface area contributed by atoms with Crippen molar-refractivity contribution in [3.63, 3.8) is 0 Å². The summed E-state index contributed by atoms with van der Waals surface area (Å²) < 4.78 is 1.46. The second-order valence-corrected chi connectivity index (χ2v) is 7.56. The molecule has 7 heteroatoms. The highest BCUT2D eigenvalue weighted by Gasteiger charge is 2.16. The minimum atomic E-state index is -0.227. The van der Waals surface area contributed by atoms with Crippen LogP contribution in [0.4, 0.5) is 5.69 Å². The average molecular weight is 422 g/mol. The van der Waals surface area contributed by atoms with Gasteiger partial charge in [0.1, 0.15) is 0 Å². The Morgan fingerprint density at radius 3 is 2.45 bits per heavy atom. The van der Waals surface area contributed by atoms with Gasteiger partial charge in [-0.1, -0.05) is 65.8 Å². The standard InChI is InChI=1S/C22H16ClN3O2S/c23-17-11-5-7-13-19(17)26-21(28)16-10-4-6-12-18(16)25-22(26)29-14-20(27)24-15-8-2-1-3-9-15/h1-13H,14H2,(H,24,27). The summed E-state index contributed by atoms with van der Waals surface area (Å²) in [4.78, 5) is 30.2. The first-order valence-corrected chi connectivity index (χ1v) is 10.2. The van der Waals surface area contributed by atoms with E-state index in [1.54, 1.807) is 42.5 Å². The van der Waals surface area contributed by atoms with Crippen molar-refractivity contribution in [1.29, 1.82) is 0 Å². The van der Waals surface area contributed by atoms with E-state index < -0.39 is 0 Å². The molecule has 0 aliphatic heterocycles. The minimum Gasteiger partial charge on any atom is -0.325 e. The molecule has 4 rings (SSSR count). The highest BCUT2D eigenvalue weighted by molar-refractivity contribution is 7.99. The second-order valence-electron chi connectivity index (χ2n) is 6.21. The number of nitrogens with one attached hydrogen (secondary N) is 1. The Bertz CT molecular complexity index is 1240. The smallest absolute Gasteiger partial charge is 0.266 e. The highest BCUT2D eigenvalue weighted by Crippen LogP contribution is 2.25. The topological polar surface area (TPSA) is 64.0 Å². The van der Waals surface area contributed by atoms with Crippen molar-refractivity contribution in [2.45, 2.75) is 5.16 Å². The SMILES string of the molecule is O=C(CSc1nc2ccccc2c(=O)n1-c1ccccc1Cl)Nc1ccccc1. The van der Waals surface area contributed by atoms with Gasteiger partial charge in [0.25, 0.3) is 5.56 Å². The lowest BCUT2D eigenvalue weighted by molar-refractivity contribution is -0.113. The number of carbonyl (C=O) groups excluding carboxylic acids is 1. The van der Waals surface area contributed by atoms with Gasteiger partial charge in [0, 0.05) is 5.69 Å². The zero-order valence-electron chi connectivity index (χ0n) is 15.2. The van der Waals surface area contributed by atoms with Crippen molar-refractivity contribution in [3.05, 3.63) is 94.2 Å². The summed E-state index contributed by atoms with van der Waals surface area (Å²) >= 11 is 7.54. The average Bonchev–Trinajstić information content (AvgIpc) is 2.74. The van der Waals surface area contributed by atoms with Crippen molar-refractivity contribution in [2.75, 3.05) is 11.1 Å². The monoisotopic (exact) mass is 421 g/mol. The lowest BCUT2D eigenvalue weighted by Gasteiger charge is -2.14. The summed E-state index contributed by atoms with van der Waals surface area (Å²) in [5, 5.41) is 4.16. The predicted octanol–water partition coefficient (Wildman–Crippen LogP) is 4.77. The normalized spacial score (nSPS) is 10.8. The molecule has 0 saturated heterocycles. The van der Waals surface area contributed by atoms with E-state index in [4.69, 9.17) is 11.6 Å². The third-order valence-electron chi connectivity index (χ3n) is 4.23. The summed E-state index contributed by atoms with van der Waals surface area (Å²) in [5.74, 6) is -0.0845. The van der Waals surface area contributed by atoms with Gasteiger partial charge < -0.3 is 5.32 Å². The van der Waals surface area contributed by atoms with Crippen LogP contribution in [0.2, 0.25) is 5.02 Å². The van der Waals surface area contributed by atoms with Crippen LogP contribution in [0.5, 0.6) is 0 Å². The molecule has 0 radical (unpaired) electrons. The third-order valence-corrected chi connectivity index (χ3v) is 5.49. The molecule has 0 fully saturated rings. The van der Waals surface area contributed by atoms with Gasteiger partial charge in [0.2, 0.25) is 5.91 Å². The number of nitrogens with zero attached hydrogens (tertiary/aromatic N) is 2. The lowest BCUT2D eigenvalue weighted by Crippen LogP contribution is -2.23. The first-order chi connectivity index (χ1) is 14.1. The number of anilines is 1. The minimum absolute atomic E-state index is 0.101. The summed E-state index contributed by atoms with van der Waals surface area (Å²) in [6.07, 6.45) is 0. The van der Waals surface area contributed by atoms with Gasteiger partial charge in [0.05, 0.1) is 27.4 Å². The molecule has 0 spiro atoms. The Morgan fingerprint density at radius 1 is 0.966 bits per heavy atom. The predicted molar refractivity (Wildman–Crippen MR) is 118 cm³/mol. The molecule has 0 bridgehead atoms. The largest absolute Gasteiger partial charge is 0.325 e. The maximum atomic E-state index is 13.2. The Labute approximate surface area is 176 Å². The number of carbonyl (C=O) groups is 1. The van der Waals surface area contributed by atoms with Crippen LogP contribution in [0, 0.1) is 0 Å². The van der Waals surface area contributed by atoms with E-state index in [0.717, 1.165) is 0 Å². The van der Waals surface area contributed by atoms with Crippen LogP contribution < -0.4 is 10.9 Å². The van der Waals surface area contributed by atoms with Crippen LogP contribution in [0.25, 0.3) is 16.6 Å². The fourth-order valence-corrected chi connectivity index (χ4v) is 3.93. The number of thioether (sulfide) groups is 1. The van der Waals surface area contributed by atoms with E-state index >= 15 is 0 Å². The van der Waals surface area contributed by atoms with Crippen LogP contribution >= 0.6 is 23.4 Å². The number of hydrogen-bond acceptors (Lipinski definition) is 4. The molecule has 0 atom stereocenters. The van der Waals surface area contributed by atoms with Crippen molar-refractivity contribution in [2.24, 2.45) is 0 Å². The molecule has 0 unspecified atom stereocenters. The Balaban J connectivity index is 1.71. The molecular weight excluding hydrogens is 406 g/mol. The third kappa shape index (κ3) is 4.18. The highest BCUT2D eigenvalue weighted by atomic mass is 35.5. The van der Waals surface area contributed by atoms with Gasteiger partial charge in [-0.3, -0.25) is 14.2 Å². The summed E-state index contributed by atoms with van der Waals surface area (Å²) in [6, 6.07) is 23.4. The summed E-state index contributed by atoms with van der Waals surface area (Å²) in [6.45, 7) is 0. The molecule has 3 aromatic carbocycles. The van der Waals surface area contributed by atoms with Crippen LogP contribution in [-0.4, -0.2) is 21.2 Å². The maximum Gasteiger partial charge on any atom is 0.266 e. The molecule has 29 heavy (non-hydrogen) atoms. The van der Waals surface area contributed by atoms with Crippen LogP contribution in [-0.2, 0) is 4.79 Å². The Kier molecular flexibility index (Phi) is 5.64. The molecule has 0 saturated carbocycles. The Hall–Kier alpha value is -3.09. The van der Waals surface area contributed by atoms with E-state index in [2.05, 4.69) is 10.3 Å². The fraction of sp³-hybridized carbons (Fsp3) is 0.0455. The molecule has 0 aliphatic carbocycles. The molecule has 1 N–H and O–H groups in total. The molecule has 4 aromatic rings. The summed E-state index contributed by atoms with van der Waals surface area (Å²) in [7, 11) is 0. The van der Waals surface area contributed by atoms with E-state index in [1.165, 1.54) is 16.3 Å². The van der Waals surface area contributed by atoms with Crippen LogP contribution in [0.3, 0.4) is 0 Å². The van der Waals surface area contributed by atoms with Gasteiger partial charge in [-0.15, -0.1) is 0 Å². The van der Waals surface area contributed by atoms with Gasteiger partial charge in [0.15, 0.2) is 5.16 Å². The van der Waals surface area contributed by atoms with Crippen molar-refractivity contribution in [3.8, 4) is 5.69 Å². The van der Waals surface area contributed by atoms with Crippen molar-refractivity contribution < 1.29 is 4.79 Å². The summed E-state index contributed by atoms with van der Waals surface area (Å²) in [5.41, 5.74) is 1.60. The second kappa shape index (κ2) is 8.51. The maximum absolute atomic E-state index is 13.2. The van der Waals surface area contributed by atoms with E-state index in [-0.39, 0.29) is 17.2 Å². The first-order valence-electron chi connectivity index (χ1n) is 8.88. The fourth-order valence-electron chi connectivity index (χ4n) is 2.90. The number of aromatic nitrogens is 2. The molecule has 5 nitrogen and oxygen atoms in total. The first kappa shape index (κ1) is 19.2. The number of benzene rings is 3. The zero-order chi connectivity index (χ0) is 20.2. The number of fused-ring (bicyclic) bond motifs is 1. The van der Waals surface area contributed by atoms with Gasteiger partial charge in [-0.25, -0.2) is 4.98 Å². The molecule has 1 amide bonds. The number of rotatable bonds is 5. The molecule has 144 valence electrons. The number of amides is 1. The lowest BCUT2D eigenvalue weighted by atomic mass is 10.2. The molecular formula is C22H16ClN3O2S. The van der Waals surface area contributed by atoms with Crippen molar-refractivity contribution >= 4 is 45.9 Å². The van der Waals surface area contributed by atoms with E-state index in [9.17, 15) is 9.59 Å². The number of hydrogen-bond donors (Lipinski definition) is 1.